The van der Waals surface area contributed by atoms with Crippen LogP contribution in [0.3, 0.4) is 0 Å². The highest BCUT2D eigenvalue weighted by atomic mass is 16.5. The fourth-order valence-electron chi connectivity index (χ4n) is 1.98. The second-order valence-electron chi connectivity index (χ2n) is 4.51. The van der Waals surface area contributed by atoms with Crippen LogP contribution in [0.25, 0.3) is 0 Å². The van der Waals surface area contributed by atoms with Crippen molar-refractivity contribution >= 4 is 12.1 Å². The molecule has 2 rings (SSSR count). The summed E-state index contributed by atoms with van der Waals surface area (Å²) in [7, 11) is 4.61. The molecular formula is C17H18N2O4. The Kier molecular flexibility index (Phi) is 5.57. The molecule has 0 unspecified atom stereocenters. The number of rotatable bonds is 6. The third-order valence-electron chi connectivity index (χ3n) is 3.16. The number of carbonyl (C=O) groups excluding carboxylic acids is 1. The second-order valence-corrected chi connectivity index (χ2v) is 4.51. The molecule has 1 N–H and O–H groups in total. The van der Waals surface area contributed by atoms with Gasteiger partial charge in [0.05, 0.1) is 33.1 Å². The van der Waals surface area contributed by atoms with Crippen LogP contribution in [0.4, 0.5) is 0 Å². The molecule has 0 aliphatic carbocycles. The van der Waals surface area contributed by atoms with Crippen molar-refractivity contribution in [3.05, 3.63) is 53.6 Å². The number of methoxy groups -OCH3 is 3. The van der Waals surface area contributed by atoms with Gasteiger partial charge in [0.2, 0.25) is 0 Å². The molecule has 6 nitrogen and oxygen atoms in total. The number of hydrogen-bond donors (Lipinski definition) is 1. The number of carbonyl (C=O) groups is 1. The standard InChI is InChI=1S/C17H18N2O4/c1-21-13-8-9-14(16(10-13)23-3)17(20)19-18-11-12-6-4-5-7-15(12)22-2/h4-11H,1-3H3,(H,19,20). The molecule has 0 spiro atoms. The minimum Gasteiger partial charge on any atom is -0.497 e. The lowest BCUT2D eigenvalue weighted by molar-refractivity contribution is 0.0952. The molecule has 120 valence electrons. The highest BCUT2D eigenvalue weighted by Gasteiger charge is 2.12. The quantitative estimate of drug-likeness (QED) is 0.657. The summed E-state index contributed by atoms with van der Waals surface area (Å²) < 4.78 is 15.5. The molecule has 0 atom stereocenters. The fourth-order valence-corrected chi connectivity index (χ4v) is 1.98. The average Bonchev–Trinajstić information content (AvgIpc) is 2.61. The Morgan fingerprint density at radius 1 is 1.00 bits per heavy atom. The molecule has 0 saturated carbocycles. The van der Waals surface area contributed by atoms with Crippen molar-refractivity contribution in [3.8, 4) is 17.2 Å². The maximum Gasteiger partial charge on any atom is 0.275 e. The van der Waals surface area contributed by atoms with E-state index in [2.05, 4.69) is 10.5 Å². The summed E-state index contributed by atoms with van der Waals surface area (Å²) in [5, 5.41) is 3.95. The van der Waals surface area contributed by atoms with Crippen LogP contribution in [0.1, 0.15) is 15.9 Å². The Labute approximate surface area is 134 Å². The lowest BCUT2D eigenvalue weighted by Gasteiger charge is -2.09. The minimum atomic E-state index is -0.379. The van der Waals surface area contributed by atoms with E-state index >= 15 is 0 Å². The number of hydrogen-bond acceptors (Lipinski definition) is 5. The summed E-state index contributed by atoms with van der Waals surface area (Å²) >= 11 is 0. The molecule has 0 aliphatic rings. The molecular weight excluding hydrogens is 296 g/mol. The number of nitrogens with one attached hydrogen (secondary N) is 1. The van der Waals surface area contributed by atoms with Crippen molar-refractivity contribution < 1.29 is 19.0 Å². The number of hydrazone groups is 1. The lowest BCUT2D eigenvalue weighted by Crippen LogP contribution is -2.18. The first kappa shape index (κ1) is 16.4. The number of para-hydroxylation sites is 1. The van der Waals surface area contributed by atoms with E-state index in [-0.39, 0.29) is 5.91 Å². The van der Waals surface area contributed by atoms with Crippen LogP contribution < -0.4 is 19.6 Å². The van der Waals surface area contributed by atoms with E-state index in [1.54, 1.807) is 32.4 Å². The van der Waals surface area contributed by atoms with Crippen molar-refractivity contribution in [1.29, 1.82) is 0 Å². The minimum absolute atomic E-state index is 0.366. The van der Waals surface area contributed by atoms with Crippen LogP contribution in [-0.2, 0) is 0 Å². The van der Waals surface area contributed by atoms with E-state index in [1.807, 2.05) is 24.3 Å². The molecule has 6 heteroatoms. The highest BCUT2D eigenvalue weighted by Crippen LogP contribution is 2.24. The first-order valence-corrected chi connectivity index (χ1v) is 6.88. The zero-order valence-corrected chi connectivity index (χ0v) is 13.2. The predicted octanol–water partition coefficient (Wildman–Crippen LogP) is 2.48. The lowest BCUT2D eigenvalue weighted by atomic mass is 10.2. The molecule has 0 heterocycles. The van der Waals surface area contributed by atoms with Gasteiger partial charge in [-0.05, 0) is 24.3 Å². The van der Waals surface area contributed by atoms with E-state index in [0.29, 0.717) is 22.8 Å². The molecule has 1 amide bonds. The zero-order chi connectivity index (χ0) is 16.7. The zero-order valence-electron chi connectivity index (χ0n) is 13.2. The molecule has 0 saturated heterocycles. The summed E-state index contributed by atoms with van der Waals surface area (Å²) in [4.78, 5) is 12.2. The molecule has 0 aromatic heterocycles. The number of benzene rings is 2. The van der Waals surface area contributed by atoms with Crippen molar-refractivity contribution in [2.24, 2.45) is 5.10 Å². The number of ether oxygens (including phenoxy) is 3. The topological polar surface area (TPSA) is 69.2 Å². The van der Waals surface area contributed by atoms with Crippen LogP contribution in [0.15, 0.2) is 47.6 Å². The Hall–Kier alpha value is -3.02. The Bertz CT molecular complexity index is 713. The molecule has 0 fully saturated rings. The summed E-state index contributed by atoms with van der Waals surface area (Å²) in [5.41, 5.74) is 3.59. The normalized spacial score (nSPS) is 10.4. The SMILES string of the molecule is COc1ccc(C(=O)NN=Cc2ccccc2OC)c(OC)c1. The first-order chi connectivity index (χ1) is 11.2. The Morgan fingerprint density at radius 3 is 2.43 bits per heavy atom. The third kappa shape index (κ3) is 4.00. The van der Waals surface area contributed by atoms with Gasteiger partial charge < -0.3 is 14.2 Å². The monoisotopic (exact) mass is 314 g/mol. The van der Waals surface area contributed by atoms with Gasteiger partial charge in [-0.2, -0.15) is 5.10 Å². The molecule has 2 aromatic carbocycles. The molecule has 23 heavy (non-hydrogen) atoms. The summed E-state index contributed by atoms with van der Waals surface area (Å²) in [6.07, 6.45) is 1.52. The van der Waals surface area contributed by atoms with Crippen LogP contribution >= 0.6 is 0 Å². The number of nitrogens with zero attached hydrogens (tertiary/aromatic N) is 1. The van der Waals surface area contributed by atoms with Crippen LogP contribution in [-0.4, -0.2) is 33.5 Å². The Balaban J connectivity index is 2.12. The highest BCUT2D eigenvalue weighted by molar-refractivity contribution is 5.97. The van der Waals surface area contributed by atoms with E-state index < -0.39 is 0 Å². The summed E-state index contributed by atoms with van der Waals surface area (Å²) in [6.45, 7) is 0. The van der Waals surface area contributed by atoms with Gasteiger partial charge in [0.25, 0.3) is 5.91 Å². The average molecular weight is 314 g/mol. The van der Waals surface area contributed by atoms with Crippen LogP contribution in [0.2, 0.25) is 0 Å². The van der Waals surface area contributed by atoms with Gasteiger partial charge in [0.1, 0.15) is 17.2 Å². The van der Waals surface area contributed by atoms with Crippen molar-refractivity contribution in [2.45, 2.75) is 0 Å². The van der Waals surface area contributed by atoms with Crippen molar-refractivity contribution in [3.63, 3.8) is 0 Å². The largest absolute Gasteiger partial charge is 0.497 e. The van der Waals surface area contributed by atoms with Gasteiger partial charge >= 0.3 is 0 Å². The first-order valence-electron chi connectivity index (χ1n) is 6.88. The second kappa shape index (κ2) is 7.84. The van der Waals surface area contributed by atoms with Crippen molar-refractivity contribution in [1.82, 2.24) is 5.43 Å². The van der Waals surface area contributed by atoms with Gasteiger partial charge in [0.15, 0.2) is 0 Å². The number of amides is 1. The van der Waals surface area contributed by atoms with Crippen LogP contribution in [0.5, 0.6) is 17.2 Å². The van der Waals surface area contributed by atoms with Crippen molar-refractivity contribution in [2.75, 3.05) is 21.3 Å². The third-order valence-corrected chi connectivity index (χ3v) is 3.16. The smallest absolute Gasteiger partial charge is 0.275 e. The molecule has 2 aromatic rings. The molecule has 0 bridgehead atoms. The van der Waals surface area contributed by atoms with Gasteiger partial charge in [-0.3, -0.25) is 4.79 Å². The van der Waals surface area contributed by atoms with E-state index in [4.69, 9.17) is 14.2 Å². The summed E-state index contributed by atoms with van der Waals surface area (Å²) in [5.74, 6) is 1.31. The fraction of sp³-hybridized carbons (Fsp3) is 0.176. The summed E-state index contributed by atoms with van der Waals surface area (Å²) in [6, 6.07) is 12.3. The van der Waals surface area contributed by atoms with E-state index in [1.165, 1.54) is 13.3 Å². The van der Waals surface area contributed by atoms with Gasteiger partial charge in [0, 0.05) is 11.6 Å². The van der Waals surface area contributed by atoms with E-state index in [9.17, 15) is 4.79 Å². The van der Waals surface area contributed by atoms with Gasteiger partial charge in [-0.25, -0.2) is 5.43 Å². The van der Waals surface area contributed by atoms with Crippen LogP contribution in [0, 0.1) is 0 Å². The van der Waals surface area contributed by atoms with Gasteiger partial charge in [-0.15, -0.1) is 0 Å². The van der Waals surface area contributed by atoms with E-state index in [0.717, 1.165) is 5.56 Å². The predicted molar refractivity (Wildman–Crippen MR) is 87.6 cm³/mol. The molecule has 0 radical (unpaired) electrons. The van der Waals surface area contributed by atoms with Gasteiger partial charge in [-0.1, -0.05) is 12.1 Å². The maximum atomic E-state index is 12.2. The maximum absolute atomic E-state index is 12.2. The Morgan fingerprint density at radius 2 is 1.74 bits per heavy atom. The molecule has 0 aliphatic heterocycles.